The van der Waals surface area contributed by atoms with Crippen LogP contribution < -0.4 is 0 Å². The van der Waals surface area contributed by atoms with Gasteiger partial charge < -0.3 is 14.6 Å². The molecule has 17 heavy (non-hydrogen) atoms. The number of rotatable bonds is 4. The molecule has 1 N–H and O–H groups in total. The van der Waals surface area contributed by atoms with E-state index in [1.54, 1.807) is 12.1 Å². The van der Waals surface area contributed by atoms with Crippen LogP contribution in [0.3, 0.4) is 0 Å². The van der Waals surface area contributed by atoms with Gasteiger partial charge in [-0.05, 0) is 17.7 Å². The van der Waals surface area contributed by atoms with E-state index < -0.39 is 17.9 Å². The van der Waals surface area contributed by atoms with E-state index in [0.717, 1.165) is 0 Å². The van der Waals surface area contributed by atoms with E-state index in [0.29, 0.717) is 5.56 Å². The van der Waals surface area contributed by atoms with Gasteiger partial charge in [-0.2, -0.15) is 0 Å². The summed E-state index contributed by atoms with van der Waals surface area (Å²) in [5, 5.41) is 9.15. The van der Waals surface area contributed by atoms with Crippen molar-refractivity contribution < 1.29 is 24.2 Å². The van der Waals surface area contributed by atoms with Crippen LogP contribution in [0.2, 0.25) is 0 Å². The molecule has 0 heterocycles. The van der Waals surface area contributed by atoms with Crippen molar-refractivity contribution in [1.29, 1.82) is 0 Å². The van der Waals surface area contributed by atoms with Gasteiger partial charge >= 0.3 is 11.9 Å². The summed E-state index contributed by atoms with van der Waals surface area (Å²) in [6.45, 7) is 0. The van der Waals surface area contributed by atoms with Crippen LogP contribution in [0.25, 0.3) is 0 Å². The maximum absolute atomic E-state index is 11.6. The van der Waals surface area contributed by atoms with Crippen LogP contribution in [0.5, 0.6) is 5.75 Å². The molecule has 0 unspecified atom stereocenters. The maximum Gasteiger partial charge on any atom is 0.313 e. The molecule has 0 saturated carbocycles. The van der Waals surface area contributed by atoms with Crippen molar-refractivity contribution in [1.82, 2.24) is 0 Å². The summed E-state index contributed by atoms with van der Waals surface area (Å²) >= 11 is 0. The minimum absolute atomic E-state index is 0.0893. The molecule has 0 spiro atoms. The summed E-state index contributed by atoms with van der Waals surface area (Å²) in [5.74, 6) is -1.63. The number of phenols is 1. The van der Waals surface area contributed by atoms with Gasteiger partial charge in [0.1, 0.15) is 5.75 Å². The standard InChI is InChI=1S/C12H14O5/c1-16-11(14)7-10(12(15)17-2)8-3-5-9(13)6-4-8/h3-6,10,13H,7H2,1-2H3/t10-/m1/s1. The number of methoxy groups -OCH3 is 2. The van der Waals surface area contributed by atoms with Crippen molar-refractivity contribution in [2.24, 2.45) is 0 Å². The molecule has 0 bridgehead atoms. The van der Waals surface area contributed by atoms with Crippen molar-refractivity contribution in [3.8, 4) is 5.75 Å². The second-order valence-electron chi connectivity index (χ2n) is 3.45. The molecule has 5 nitrogen and oxygen atoms in total. The molecular weight excluding hydrogens is 224 g/mol. The van der Waals surface area contributed by atoms with Crippen molar-refractivity contribution in [2.45, 2.75) is 12.3 Å². The molecule has 0 aliphatic carbocycles. The van der Waals surface area contributed by atoms with Crippen molar-refractivity contribution in [3.63, 3.8) is 0 Å². The van der Waals surface area contributed by atoms with Gasteiger partial charge in [-0.15, -0.1) is 0 Å². The lowest BCUT2D eigenvalue weighted by molar-refractivity contribution is -0.149. The highest BCUT2D eigenvalue weighted by Gasteiger charge is 2.24. The number of benzene rings is 1. The van der Waals surface area contributed by atoms with Crippen LogP contribution >= 0.6 is 0 Å². The molecule has 0 fully saturated rings. The monoisotopic (exact) mass is 238 g/mol. The Hall–Kier alpha value is -2.04. The number of carbonyl (C=O) groups excluding carboxylic acids is 2. The Morgan fingerprint density at radius 1 is 1.18 bits per heavy atom. The number of hydrogen-bond acceptors (Lipinski definition) is 5. The Bertz CT molecular complexity index is 396. The molecule has 1 aromatic rings. The van der Waals surface area contributed by atoms with Gasteiger partial charge in [0.2, 0.25) is 0 Å². The van der Waals surface area contributed by atoms with E-state index in [4.69, 9.17) is 5.11 Å². The van der Waals surface area contributed by atoms with E-state index in [-0.39, 0.29) is 12.2 Å². The third kappa shape index (κ3) is 3.48. The summed E-state index contributed by atoms with van der Waals surface area (Å²) in [7, 11) is 2.51. The van der Waals surface area contributed by atoms with Crippen LogP contribution in [0, 0.1) is 0 Å². The summed E-state index contributed by atoms with van der Waals surface area (Å²) in [5.41, 5.74) is 0.597. The lowest BCUT2D eigenvalue weighted by atomic mass is 9.96. The van der Waals surface area contributed by atoms with E-state index in [9.17, 15) is 9.59 Å². The Labute approximate surface area is 99.0 Å². The van der Waals surface area contributed by atoms with Gasteiger partial charge in [-0.1, -0.05) is 12.1 Å². The fourth-order valence-electron chi connectivity index (χ4n) is 1.44. The van der Waals surface area contributed by atoms with Gasteiger partial charge in [0, 0.05) is 0 Å². The van der Waals surface area contributed by atoms with Crippen molar-refractivity contribution in [2.75, 3.05) is 14.2 Å². The van der Waals surface area contributed by atoms with E-state index in [1.165, 1.54) is 26.4 Å². The largest absolute Gasteiger partial charge is 0.508 e. The first kappa shape index (κ1) is 13.0. The maximum atomic E-state index is 11.6. The number of aromatic hydroxyl groups is 1. The van der Waals surface area contributed by atoms with Crippen LogP contribution in [0.15, 0.2) is 24.3 Å². The topological polar surface area (TPSA) is 72.8 Å². The highest BCUT2D eigenvalue weighted by molar-refractivity contribution is 5.84. The number of phenolic OH excluding ortho intramolecular Hbond substituents is 1. The Morgan fingerprint density at radius 2 is 1.76 bits per heavy atom. The second kappa shape index (κ2) is 5.89. The number of ether oxygens (including phenoxy) is 2. The third-order valence-corrected chi connectivity index (χ3v) is 2.38. The number of hydrogen-bond donors (Lipinski definition) is 1. The molecule has 1 atom stereocenters. The molecule has 5 heteroatoms. The summed E-state index contributed by atoms with van der Waals surface area (Å²) in [6, 6.07) is 6.03. The first-order chi connectivity index (χ1) is 8.08. The summed E-state index contributed by atoms with van der Waals surface area (Å²) in [6.07, 6.45) is -0.0893. The highest BCUT2D eigenvalue weighted by atomic mass is 16.5. The number of carbonyl (C=O) groups is 2. The lowest BCUT2D eigenvalue weighted by Gasteiger charge is -2.13. The minimum atomic E-state index is -0.715. The normalized spacial score (nSPS) is 11.6. The SMILES string of the molecule is COC(=O)C[C@@H](C(=O)OC)c1ccc(O)cc1. The summed E-state index contributed by atoms with van der Waals surface area (Å²) in [4.78, 5) is 22.8. The van der Waals surface area contributed by atoms with Gasteiger partial charge in [-0.25, -0.2) is 0 Å². The fourth-order valence-corrected chi connectivity index (χ4v) is 1.44. The average Bonchev–Trinajstić information content (AvgIpc) is 2.36. The molecule has 1 aromatic carbocycles. The smallest absolute Gasteiger partial charge is 0.313 e. The van der Waals surface area contributed by atoms with E-state index in [1.807, 2.05) is 0 Å². The Kier molecular flexibility index (Phi) is 4.51. The van der Waals surface area contributed by atoms with Crippen LogP contribution in [-0.2, 0) is 19.1 Å². The first-order valence-corrected chi connectivity index (χ1v) is 5.02. The first-order valence-electron chi connectivity index (χ1n) is 5.02. The molecule has 0 aliphatic rings. The second-order valence-corrected chi connectivity index (χ2v) is 3.45. The zero-order chi connectivity index (χ0) is 12.8. The highest BCUT2D eigenvalue weighted by Crippen LogP contribution is 2.23. The predicted molar refractivity (Wildman–Crippen MR) is 59.5 cm³/mol. The van der Waals surface area contributed by atoms with Crippen molar-refractivity contribution >= 4 is 11.9 Å². The third-order valence-electron chi connectivity index (χ3n) is 2.38. The van der Waals surface area contributed by atoms with E-state index >= 15 is 0 Å². The molecule has 0 radical (unpaired) electrons. The van der Waals surface area contributed by atoms with Gasteiger partial charge in [-0.3, -0.25) is 9.59 Å². The van der Waals surface area contributed by atoms with Crippen molar-refractivity contribution in [3.05, 3.63) is 29.8 Å². The van der Waals surface area contributed by atoms with E-state index in [2.05, 4.69) is 9.47 Å². The molecule has 0 aliphatic heterocycles. The molecule has 0 amide bonds. The quantitative estimate of drug-likeness (QED) is 0.798. The number of esters is 2. The van der Waals surface area contributed by atoms with Gasteiger partial charge in [0.15, 0.2) is 0 Å². The average molecular weight is 238 g/mol. The molecule has 0 aromatic heterocycles. The van der Waals surface area contributed by atoms with Gasteiger partial charge in [0.05, 0.1) is 26.6 Å². The molecule has 0 saturated heterocycles. The van der Waals surface area contributed by atoms with Gasteiger partial charge in [0.25, 0.3) is 0 Å². The summed E-state index contributed by atoms with van der Waals surface area (Å²) < 4.78 is 9.16. The zero-order valence-electron chi connectivity index (χ0n) is 9.67. The van der Waals surface area contributed by atoms with Crippen LogP contribution in [-0.4, -0.2) is 31.3 Å². The Balaban J connectivity index is 2.93. The predicted octanol–water partition coefficient (Wildman–Crippen LogP) is 1.21. The zero-order valence-corrected chi connectivity index (χ0v) is 9.67. The molecule has 92 valence electrons. The van der Waals surface area contributed by atoms with Crippen LogP contribution in [0.1, 0.15) is 17.9 Å². The molecule has 1 rings (SSSR count). The fraction of sp³-hybridized carbons (Fsp3) is 0.333. The lowest BCUT2D eigenvalue weighted by Crippen LogP contribution is -2.18. The minimum Gasteiger partial charge on any atom is -0.508 e. The Morgan fingerprint density at radius 3 is 2.24 bits per heavy atom. The van der Waals surface area contributed by atoms with Crippen LogP contribution in [0.4, 0.5) is 0 Å². The molecular formula is C12H14O5.